The summed E-state index contributed by atoms with van der Waals surface area (Å²) >= 11 is 0. The van der Waals surface area contributed by atoms with Gasteiger partial charge in [0.25, 0.3) is 0 Å². The van der Waals surface area contributed by atoms with E-state index in [1.54, 1.807) is 6.92 Å². The Bertz CT molecular complexity index is 513. The van der Waals surface area contributed by atoms with Gasteiger partial charge >= 0.3 is 0 Å². The second-order valence-corrected chi connectivity index (χ2v) is 3.96. The summed E-state index contributed by atoms with van der Waals surface area (Å²) < 4.78 is 7.15. The zero-order valence-electron chi connectivity index (χ0n) is 10.0. The molecule has 5 nitrogen and oxygen atoms in total. The Morgan fingerprint density at radius 1 is 1.47 bits per heavy atom. The number of hydrogen-bond donors (Lipinski definition) is 0. The van der Waals surface area contributed by atoms with Crippen molar-refractivity contribution in [3.8, 4) is 0 Å². The van der Waals surface area contributed by atoms with Crippen LogP contribution in [0.4, 0.5) is 0 Å². The van der Waals surface area contributed by atoms with Gasteiger partial charge < -0.3 is 8.98 Å². The highest BCUT2D eigenvalue weighted by Gasteiger charge is 2.08. The molecule has 90 valence electrons. The zero-order valence-corrected chi connectivity index (χ0v) is 10.0. The second kappa shape index (κ2) is 4.95. The lowest BCUT2D eigenvalue weighted by molar-refractivity contribution is 0.0981. The van der Waals surface area contributed by atoms with Crippen molar-refractivity contribution in [1.29, 1.82) is 0 Å². The summed E-state index contributed by atoms with van der Waals surface area (Å²) in [4.78, 5) is 11.6. The van der Waals surface area contributed by atoms with Gasteiger partial charge in [-0.05, 0) is 12.5 Å². The maximum absolute atomic E-state index is 11.6. The minimum atomic E-state index is 0.174. The monoisotopic (exact) mass is 233 g/mol. The van der Waals surface area contributed by atoms with E-state index in [1.165, 1.54) is 0 Å². The van der Waals surface area contributed by atoms with Crippen LogP contribution >= 0.6 is 0 Å². The van der Waals surface area contributed by atoms with E-state index in [0.717, 1.165) is 12.0 Å². The lowest BCUT2D eigenvalue weighted by atomic mass is 10.1. The van der Waals surface area contributed by atoms with Crippen molar-refractivity contribution in [2.45, 2.75) is 33.2 Å². The number of nitrogens with zero attached hydrogens (tertiary/aromatic N) is 3. The van der Waals surface area contributed by atoms with Crippen LogP contribution in [-0.4, -0.2) is 20.5 Å². The van der Waals surface area contributed by atoms with Gasteiger partial charge in [-0.1, -0.05) is 6.92 Å². The van der Waals surface area contributed by atoms with Crippen molar-refractivity contribution < 1.29 is 9.21 Å². The van der Waals surface area contributed by atoms with Gasteiger partial charge in [-0.2, -0.15) is 0 Å². The standard InChI is InChI=1S/C12H15N3O2/c1-3-4-11(16)10-5-6-15(7-10)8-12-14-13-9(2)17-12/h5-7H,3-4,8H2,1-2H3. The molecule has 0 atom stereocenters. The Hall–Kier alpha value is -1.91. The number of ketones is 1. The van der Waals surface area contributed by atoms with Gasteiger partial charge in [0.2, 0.25) is 11.8 Å². The Morgan fingerprint density at radius 2 is 2.29 bits per heavy atom. The van der Waals surface area contributed by atoms with Gasteiger partial charge in [-0.25, -0.2) is 0 Å². The molecule has 2 rings (SSSR count). The first-order valence-corrected chi connectivity index (χ1v) is 5.67. The summed E-state index contributed by atoms with van der Waals surface area (Å²) in [6.45, 7) is 4.25. The first-order chi connectivity index (χ1) is 8.19. The minimum absolute atomic E-state index is 0.174. The molecule has 0 spiro atoms. The van der Waals surface area contributed by atoms with E-state index >= 15 is 0 Å². The van der Waals surface area contributed by atoms with Gasteiger partial charge in [0, 0.05) is 31.3 Å². The van der Waals surface area contributed by atoms with Gasteiger partial charge in [-0.15, -0.1) is 10.2 Å². The molecule has 0 aliphatic carbocycles. The number of carbonyl (C=O) groups is 1. The number of aryl methyl sites for hydroxylation is 1. The van der Waals surface area contributed by atoms with Crippen LogP contribution in [0.3, 0.4) is 0 Å². The molecule has 0 radical (unpaired) electrons. The lowest BCUT2D eigenvalue weighted by Gasteiger charge is -1.97. The minimum Gasteiger partial charge on any atom is -0.424 e. The fourth-order valence-corrected chi connectivity index (χ4v) is 1.63. The van der Waals surface area contributed by atoms with E-state index in [2.05, 4.69) is 10.2 Å². The molecule has 0 N–H and O–H groups in total. The number of carbonyl (C=O) groups excluding carboxylic acids is 1. The van der Waals surface area contributed by atoms with E-state index < -0.39 is 0 Å². The maximum Gasteiger partial charge on any atom is 0.236 e. The van der Waals surface area contributed by atoms with E-state index in [9.17, 15) is 4.79 Å². The molecule has 2 aromatic heterocycles. The van der Waals surface area contributed by atoms with Crippen molar-refractivity contribution in [1.82, 2.24) is 14.8 Å². The van der Waals surface area contributed by atoms with Crippen molar-refractivity contribution in [2.75, 3.05) is 0 Å². The molecule has 5 heteroatoms. The summed E-state index contributed by atoms with van der Waals surface area (Å²) in [6, 6.07) is 1.82. The van der Waals surface area contributed by atoms with Gasteiger partial charge in [0.15, 0.2) is 5.78 Å². The topological polar surface area (TPSA) is 60.9 Å². The maximum atomic E-state index is 11.6. The number of aromatic nitrogens is 3. The fraction of sp³-hybridized carbons (Fsp3) is 0.417. The molecule has 0 amide bonds. The summed E-state index contributed by atoms with van der Waals surface area (Å²) in [5.74, 6) is 1.27. The third-order valence-corrected chi connectivity index (χ3v) is 2.44. The molecule has 0 aromatic carbocycles. The molecule has 0 bridgehead atoms. The van der Waals surface area contributed by atoms with E-state index in [0.29, 0.717) is 24.7 Å². The number of Topliss-reactive ketones (excluding diaryl/α,β-unsaturated/α-hetero) is 1. The van der Waals surface area contributed by atoms with Crippen LogP contribution in [0.2, 0.25) is 0 Å². The van der Waals surface area contributed by atoms with Crippen LogP contribution < -0.4 is 0 Å². The predicted molar refractivity (Wildman–Crippen MR) is 61.8 cm³/mol. The molecule has 2 heterocycles. The van der Waals surface area contributed by atoms with Crippen LogP contribution in [0.5, 0.6) is 0 Å². The summed E-state index contributed by atoms with van der Waals surface area (Å²) in [7, 11) is 0. The molecule has 17 heavy (non-hydrogen) atoms. The molecule has 0 saturated carbocycles. The molecule has 0 aliphatic rings. The number of rotatable bonds is 5. The molecule has 2 aromatic rings. The third-order valence-electron chi connectivity index (χ3n) is 2.44. The van der Waals surface area contributed by atoms with Crippen LogP contribution in [0.1, 0.15) is 41.9 Å². The summed E-state index contributed by atoms with van der Waals surface area (Å²) in [5.41, 5.74) is 0.739. The molecule has 0 saturated heterocycles. The van der Waals surface area contributed by atoms with Crippen molar-refractivity contribution in [2.24, 2.45) is 0 Å². The molecule has 0 fully saturated rings. The Balaban J connectivity index is 2.06. The first kappa shape index (κ1) is 11.6. The Morgan fingerprint density at radius 3 is 2.94 bits per heavy atom. The summed E-state index contributed by atoms with van der Waals surface area (Å²) in [5, 5.41) is 7.67. The fourth-order valence-electron chi connectivity index (χ4n) is 1.63. The SMILES string of the molecule is CCCC(=O)c1ccn(Cc2nnc(C)o2)c1. The first-order valence-electron chi connectivity index (χ1n) is 5.67. The van der Waals surface area contributed by atoms with Gasteiger partial charge in [0.05, 0.1) is 0 Å². The van der Waals surface area contributed by atoms with Crippen LogP contribution in [0, 0.1) is 6.92 Å². The highest BCUT2D eigenvalue weighted by molar-refractivity contribution is 5.95. The van der Waals surface area contributed by atoms with Crippen LogP contribution in [-0.2, 0) is 6.54 Å². The Labute approximate surface area is 99.5 Å². The Kier molecular flexibility index (Phi) is 3.37. The molecular formula is C12H15N3O2. The van der Waals surface area contributed by atoms with Crippen LogP contribution in [0.25, 0.3) is 0 Å². The largest absolute Gasteiger partial charge is 0.424 e. The average Bonchev–Trinajstić information content (AvgIpc) is 2.89. The number of hydrogen-bond acceptors (Lipinski definition) is 4. The van der Waals surface area contributed by atoms with Crippen molar-refractivity contribution in [3.63, 3.8) is 0 Å². The van der Waals surface area contributed by atoms with Gasteiger partial charge in [0.1, 0.15) is 6.54 Å². The molecule has 0 unspecified atom stereocenters. The lowest BCUT2D eigenvalue weighted by Crippen LogP contribution is -1.99. The third kappa shape index (κ3) is 2.81. The van der Waals surface area contributed by atoms with Crippen LogP contribution in [0.15, 0.2) is 22.9 Å². The van der Waals surface area contributed by atoms with E-state index in [1.807, 2.05) is 30.0 Å². The average molecular weight is 233 g/mol. The van der Waals surface area contributed by atoms with Gasteiger partial charge in [-0.3, -0.25) is 4.79 Å². The summed E-state index contributed by atoms with van der Waals surface area (Å²) in [6.07, 6.45) is 5.12. The normalized spacial score (nSPS) is 10.7. The highest BCUT2D eigenvalue weighted by atomic mass is 16.4. The van der Waals surface area contributed by atoms with Crippen molar-refractivity contribution in [3.05, 3.63) is 35.8 Å². The quantitative estimate of drug-likeness (QED) is 0.743. The zero-order chi connectivity index (χ0) is 12.3. The molecular weight excluding hydrogens is 218 g/mol. The second-order valence-electron chi connectivity index (χ2n) is 3.96. The highest BCUT2D eigenvalue weighted by Crippen LogP contribution is 2.08. The molecule has 0 aliphatic heterocycles. The van der Waals surface area contributed by atoms with E-state index in [4.69, 9.17) is 4.42 Å². The predicted octanol–water partition coefficient (Wildman–Crippen LogP) is 2.21. The smallest absolute Gasteiger partial charge is 0.236 e. The van der Waals surface area contributed by atoms with E-state index in [-0.39, 0.29) is 5.78 Å². The van der Waals surface area contributed by atoms with Crippen molar-refractivity contribution >= 4 is 5.78 Å².